The Hall–Kier alpha value is -1.58. The minimum absolute atomic E-state index is 0.0873. The van der Waals surface area contributed by atoms with Gasteiger partial charge in [0.15, 0.2) is 0 Å². The van der Waals surface area contributed by atoms with Gasteiger partial charge in [0.2, 0.25) is 0 Å². The summed E-state index contributed by atoms with van der Waals surface area (Å²) in [7, 11) is 0. The molecule has 0 saturated heterocycles. The molecule has 0 unspecified atom stereocenters. The number of nitrogens with one attached hydrogen (secondary N) is 2. The standard InChI is InChI=1S/C16H27N3O/c1-5-12-17-14-11-9-10-13(18-14)15(20)19-16(6-2,7-3)8-4/h9-11H,5-8,12H2,1-4H3,(H,17,18)(H,19,20). The van der Waals surface area contributed by atoms with Gasteiger partial charge in [-0.25, -0.2) is 4.98 Å². The molecule has 0 spiro atoms. The third-order valence-corrected chi connectivity index (χ3v) is 3.95. The maximum absolute atomic E-state index is 12.4. The van der Waals surface area contributed by atoms with Gasteiger partial charge in [-0.15, -0.1) is 0 Å². The van der Waals surface area contributed by atoms with Crippen LogP contribution in [0, 0.1) is 0 Å². The topological polar surface area (TPSA) is 54.0 Å². The summed E-state index contributed by atoms with van der Waals surface area (Å²) in [4.78, 5) is 16.7. The molecule has 20 heavy (non-hydrogen) atoms. The Bertz CT molecular complexity index is 419. The molecule has 1 amide bonds. The summed E-state index contributed by atoms with van der Waals surface area (Å²) >= 11 is 0. The number of carbonyl (C=O) groups is 1. The van der Waals surface area contributed by atoms with Crippen LogP contribution in [0.4, 0.5) is 5.82 Å². The van der Waals surface area contributed by atoms with Crippen LogP contribution in [0.25, 0.3) is 0 Å². The smallest absolute Gasteiger partial charge is 0.270 e. The van der Waals surface area contributed by atoms with Gasteiger partial charge in [-0.1, -0.05) is 33.8 Å². The predicted octanol–water partition coefficient (Wildman–Crippen LogP) is 3.60. The van der Waals surface area contributed by atoms with E-state index in [1.54, 1.807) is 6.07 Å². The molecule has 1 aromatic heterocycles. The minimum atomic E-state index is -0.119. The Morgan fingerprint density at radius 2 is 1.80 bits per heavy atom. The lowest BCUT2D eigenvalue weighted by molar-refractivity contribution is 0.0883. The van der Waals surface area contributed by atoms with E-state index in [1.807, 2.05) is 12.1 Å². The summed E-state index contributed by atoms with van der Waals surface area (Å²) in [6, 6.07) is 5.52. The molecule has 4 heteroatoms. The van der Waals surface area contributed by atoms with E-state index in [1.165, 1.54) is 0 Å². The first-order valence-electron chi connectivity index (χ1n) is 7.64. The number of hydrogen-bond donors (Lipinski definition) is 2. The van der Waals surface area contributed by atoms with Gasteiger partial charge >= 0.3 is 0 Å². The first kappa shape index (κ1) is 16.5. The van der Waals surface area contributed by atoms with Gasteiger partial charge < -0.3 is 10.6 Å². The summed E-state index contributed by atoms with van der Waals surface area (Å²) in [5.74, 6) is 0.672. The SMILES string of the molecule is CCCNc1cccc(C(=O)NC(CC)(CC)CC)n1. The third-order valence-electron chi connectivity index (χ3n) is 3.95. The molecule has 2 N–H and O–H groups in total. The lowest BCUT2D eigenvalue weighted by Crippen LogP contribution is -2.47. The molecule has 0 radical (unpaired) electrons. The fourth-order valence-corrected chi connectivity index (χ4v) is 2.23. The zero-order valence-corrected chi connectivity index (χ0v) is 13.1. The van der Waals surface area contributed by atoms with E-state index >= 15 is 0 Å². The van der Waals surface area contributed by atoms with Crippen molar-refractivity contribution in [3.63, 3.8) is 0 Å². The largest absolute Gasteiger partial charge is 0.370 e. The van der Waals surface area contributed by atoms with Gasteiger partial charge in [0, 0.05) is 12.1 Å². The second kappa shape index (κ2) is 7.88. The van der Waals surface area contributed by atoms with Gasteiger partial charge in [0.1, 0.15) is 11.5 Å². The van der Waals surface area contributed by atoms with Crippen LogP contribution in [0.15, 0.2) is 18.2 Å². The van der Waals surface area contributed by atoms with Crippen molar-refractivity contribution in [2.24, 2.45) is 0 Å². The van der Waals surface area contributed by atoms with E-state index in [0.717, 1.165) is 38.0 Å². The molecule has 4 nitrogen and oxygen atoms in total. The number of hydrogen-bond acceptors (Lipinski definition) is 3. The molecule has 0 saturated carbocycles. The normalized spacial score (nSPS) is 11.2. The molecule has 1 aromatic rings. The number of amides is 1. The third kappa shape index (κ3) is 4.22. The first-order valence-corrected chi connectivity index (χ1v) is 7.64. The van der Waals surface area contributed by atoms with Crippen molar-refractivity contribution in [3.8, 4) is 0 Å². The Kier molecular flexibility index (Phi) is 6.49. The summed E-state index contributed by atoms with van der Waals surface area (Å²) in [5.41, 5.74) is 0.358. The number of nitrogens with zero attached hydrogens (tertiary/aromatic N) is 1. The van der Waals surface area contributed by atoms with Crippen molar-refractivity contribution in [1.29, 1.82) is 0 Å². The molecule has 0 fully saturated rings. The highest BCUT2D eigenvalue weighted by molar-refractivity contribution is 5.93. The summed E-state index contributed by atoms with van der Waals surface area (Å²) in [6.45, 7) is 9.29. The highest BCUT2D eigenvalue weighted by atomic mass is 16.2. The maximum atomic E-state index is 12.4. The molecule has 0 aliphatic heterocycles. The Labute approximate surface area is 122 Å². The Morgan fingerprint density at radius 1 is 1.15 bits per heavy atom. The summed E-state index contributed by atoms with van der Waals surface area (Å²) in [5, 5.41) is 6.35. The molecule has 1 rings (SSSR count). The average molecular weight is 277 g/mol. The van der Waals surface area contributed by atoms with E-state index in [9.17, 15) is 4.79 Å². The van der Waals surface area contributed by atoms with Crippen molar-refractivity contribution in [3.05, 3.63) is 23.9 Å². The van der Waals surface area contributed by atoms with Crippen LogP contribution in [0.2, 0.25) is 0 Å². The summed E-state index contributed by atoms with van der Waals surface area (Å²) < 4.78 is 0. The van der Waals surface area contributed by atoms with Crippen LogP contribution in [0.3, 0.4) is 0 Å². The van der Waals surface area contributed by atoms with Gasteiger partial charge in [-0.2, -0.15) is 0 Å². The van der Waals surface area contributed by atoms with Crippen molar-refractivity contribution in [2.45, 2.75) is 58.9 Å². The lowest BCUT2D eigenvalue weighted by Gasteiger charge is -2.31. The van der Waals surface area contributed by atoms with Crippen LogP contribution < -0.4 is 10.6 Å². The zero-order chi connectivity index (χ0) is 15.0. The van der Waals surface area contributed by atoms with E-state index < -0.39 is 0 Å². The molecule has 112 valence electrons. The average Bonchev–Trinajstić information content (AvgIpc) is 2.51. The van der Waals surface area contributed by atoms with Gasteiger partial charge in [-0.3, -0.25) is 4.79 Å². The predicted molar refractivity (Wildman–Crippen MR) is 84.1 cm³/mol. The number of anilines is 1. The van der Waals surface area contributed by atoms with Crippen molar-refractivity contribution in [2.75, 3.05) is 11.9 Å². The number of aromatic nitrogens is 1. The van der Waals surface area contributed by atoms with E-state index in [-0.39, 0.29) is 11.4 Å². The number of rotatable bonds is 8. The first-order chi connectivity index (χ1) is 9.60. The maximum Gasteiger partial charge on any atom is 0.270 e. The van der Waals surface area contributed by atoms with Crippen LogP contribution >= 0.6 is 0 Å². The van der Waals surface area contributed by atoms with E-state index in [4.69, 9.17) is 0 Å². The van der Waals surface area contributed by atoms with Gasteiger partial charge in [0.25, 0.3) is 5.91 Å². The molecule has 1 heterocycles. The van der Waals surface area contributed by atoms with Gasteiger partial charge in [-0.05, 0) is 37.8 Å². The second-order valence-electron chi connectivity index (χ2n) is 5.13. The van der Waals surface area contributed by atoms with Crippen molar-refractivity contribution < 1.29 is 4.79 Å². The van der Waals surface area contributed by atoms with E-state index in [0.29, 0.717) is 5.69 Å². The molecule has 0 aliphatic carbocycles. The molecular weight excluding hydrogens is 250 g/mol. The molecule has 0 aromatic carbocycles. The molecule has 0 atom stereocenters. The van der Waals surface area contributed by atoms with Crippen LogP contribution in [0.5, 0.6) is 0 Å². The Balaban J connectivity index is 2.81. The highest BCUT2D eigenvalue weighted by Crippen LogP contribution is 2.20. The zero-order valence-electron chi connectivity index (χ0n) is 13.1. The molecule has 0 aliphatic rings. The number of carbonyl (C=O) groups excluding carboxylic acids is 1. The van der Waals surface area contributed by atoms with Crippen LogP contribution in [0.1, 0.15) is 63.9 Å². The Morgan fingerprint density at radius 3 is 2.35 bits per heavy atom. The molecular formula is C16H27N3O. The second-order valence-corrected chi connectivity index (χ2v) is 5.13. The highest BCUT2D eigenvalue weighted by Gasteiger charge is 2.26. The molecule has 0 bridgehead atoms. The lowest BCUT2D eigenvalue weighted by atomic mass is 9.89. The summed E-state index contributed by atoms with van der Waals surface area (Å²) in [6.07, 6.45) is 3.82. The van der Waals surface area contributed by atoms with Crippen molar-refractivity contribution >= 4 is 11.7 Å². The van der Waals surface area contributed by atoms with Crippen LogP contribution in [-0.4, -0.2) is 23.0 Å². The fraction of sp³-hybridized carbons (Fsp3) is 0.625. The van der Waals surface area contributed by atoms with Gasteiger partial charge in [0.05, 0.1) is 0 Å². The fourth-order valence-electron chi connectivity index (χ4n) is 2.23. The minimum Gasteiger partial charge on any atom is -0.370 e. The number of pyridine rings is 1. The van der Waals surface area contributed by atoms with Crippen molar-refractivity contribution in [1.82, 2.24) is 10.3 Å². The van der Waals surface area contributed by atoms with Crippen LogP contribution in [-0.2, 0) is 0 Å². The van der Waals surface area contributed by atoms with E-state index in [2.05, 4.69) is 43.3 Å². The monoisotopic (exact) mass is 277 g/mol. The quantitative estimate of drug-likeness (QED) is 0.763.